The largest absolute Gasteiger partial charge is 0.369 e. The maximum atomic E-state index is 3.73. The van der Waals surface area contributed by atoms with Gasteiger partial charge in [-0.25, -0.2) is 0 Å². The van der Waals surface area contributed by atoms with Crippen LogP contribution in [0.25, 0.3) is 0 Å². The van der Waals surface area contributed by atoms with Crippen LogP contribution < -0.4 is 5.32 Å². The average Bonchev–Trinajstić information content (AvgIpc) is 2.21. The lowest BCUT2D eigenvalue weighted by Crippen LogP contribution is -2.43. The highest BCUT2D eigenvalue weighted by molar-refractivity contribution is 5.30. The third-order valence-electron chi connectivity index (χ3n) is 2.50. The van der Waals surface area contributed by atoms with E-state index < -0.39 is 0 Å². The molecule has 14 heavy (non-hydrogen) atoms. The van der Waals surface area contributed by atoms with E-state index in [0.29, 0.717) is 0 Å². The van der Waals surface area contributed by atoms with Gasteiger partial charge in [0.1, 0.15) is 0 Å². The smallest absolute Gasteiger partial charge is 0.0353 e. The predicted octanol–water partition coefficient (Wildman–Crippen LogP) is 1.93. The highest BCUT2D eigenvalue weighted by Crippen LogP contribution is 2.15. The van der Waals surface area contributed by atoms with Crippen molar-refractivity contribution in [2.24, 2.45) is 0 Å². The number of nitrogens with one attached hydrogen (secondary N) is 1. The summed E-state index contributed by atoms with van der Waals surface area (Å²) in [6.45, 7) is 12.3. The first-order valence-electron chi connectivity index (χ1n) is 5.21. The number of allylic oxidation sites excluding steroid dienone is 4. The zero-order chi connectivity index (χ0) is 10.4. The Balaban J connectivity index is 2.70. The molecule has 1 rings (SSSR count). The molecule has 1 saturated heterocycles. The molecule has 0 radical (unpaired) electrons. The van der Waals surface area contributed by atoms with Crippen LogP contribution in [-0.4, -0.2) is 31.1 Å². The second kappa shape index (κ2) is 5.66. The Hall–Kier alpha value is -1.02. The van der Waals surface area contributed by atoms with Crippen molar-refractivity contribution < 1.29 is 0 Å². The van der Waals surface area contributed by atoms with Crippen LogP contribution in [0.3, 0.4) is 0 Å². The summed E-state index contributed by atoms with van der Waals surface area (Å²) in [4.78, 5) is 2.42. The van der Waals surface area contributed by atoms with Crippen molar-refractivity contribution in [1.82, 2.24) is 10.2 Å². The number of nitrogens with zero attached hydrogens (tertiary/aromatic N) is 1. The molecule has 0 aromatic carbocycles. The molecule has 2 nitrogen and oxygen atoms in total. The van der Waals surface area contributed by atoms with Crippen molar-refractivity contribution in [3.63, 3.8) is 0 Å². The van der Waals surface area contributed by atoms with Gasteiger partial charge in [-0.2, -0.15) is 0 Å². The Bertz CT molecular complexity index is 245. The van der Waals surface area contributed by atoms with Gasteiger partial charge in [0, 0.05) is 31.9 Å². The molecule has 2 heteroatoms. The zero-order valence-electron chi connectivity index (χ0n) is 9.21. The summed E-state index contributed by atoms with van der Waals surface area (Å²) in [6.07, 6.45) is 6.10. The molecule has 1 aliphatic rings. The second-order valence-electron chi connectivity index (χ2n) is 3.50. The van der Waals surface area contributed by atoms with Gasteiger partial charge in [0.15, 0.2) is 0 Å². The summed E-state index contributed by atoms with van der Waals surface area (Å²) in [5.74, 6) is 0. The SMILES string of the molecule is C=C/C=C(C)\C(=C/C)N1CCNCC1. The third-order valence-corrected chi connectivity index (χ3v) is 2.50. The molecule has 1 aliphatic heterocycles. The Labute approximate surface area is 87.0 Å². The van der Waals surface area contributed by atoms with Crippen molar-refractivity contribution in [1.29, 1.82) is 0 Å². The predicted molar refractivity (Wildman–Crippen MR) is 62.2 cm³/mol. The van der Waals surface area contributed by atoms with E-state index >= 15 is 0 Å². The summed E-state index contributed by atoms with van der Waals surface area (Å²) >= 11 is 0. The molecule has 1 heterocycles. The van der Waals surface area contributed by atoms with E-state index in [9.17, 15) is 0 Å². The van der Waals surface area contributed by atoms with E-state index in [0.717, 1.165) is 26.2 Å². The molecule has 0 unspecified atom stereocenters. The van der Waals surface area contributed by atoms with Gasteiger partial charge in [-0.3, -0.25) is 0 Å². The van der Waals surface area contributed by atoms with Crippen LogP contribution in [0.1, 0.15) is 13.8 Å². The molecule has 0 aromatic heterocycles. The fourth-order valence-electron chi connectivity index (χ4n) is 1.83. The Morgan fingerprint density at radius 3 is 2.50 bits per heavy atom. The summed E-state index contributed by atoms with van der Waals surface area (Å²) in [5.41, 5.74) is 2.64. The zero-order valence-corrected chi connectivity index (χ0v) is 9.21. The molecule has 78 valence electrons. The first-order chi connectivity index (χ1) is 6.79. The van der Waals surface area contributed by atoms with Gasteiger partial charge < -0.3 is 10.2 Å². The Morgan fingerprint density at radius 1 is 1.36 bits per heavy atom. The second-order valence-corrected chi connectivity index (χ2v) is 3.50. The van der Waals surface area contributed by atoms with Crippen LogP contribution in [-0.2, 0) is 0 Å². The molecule has 0 atom stereocenters. The first-order valence-corrected chi connectivity index (χ1v) is 5.21. The van der Waals surface area contributed by atoms with Gasteiger partial charge in [0.2, 0.25) is 0 Å². The van der Waals surface area contributed by atoms with Gasteiger partial charge in [-0.05, 0) is 19.4 Å². The maximum absolute atomic E-state index is 3.73. The van der Waals surface area contributed by atoms with Crippen molar-refractivity contribution in [3.05, 3.63) is 36.1 Å². The lowest BCUT2D eigenvalue weighted by Gasteiger charge is -2.32. The fourth-order valence-corrected chi connectivity index (χ4v) is 1.83. The topological polar surface area (TPSA) is 15.3 Å². The fraction of sp³-hybridized carbons (Fsp3) is 0.500. The van der Waals surface area contributed by atoms with Gasteiger partial charge in [0.05, 0.1) is 0 Å². The maximum Gasteiger partial charge on any atom is 0.0353 e. The molecule has 0 spiro atoms. The van der Waals surface area contributed by atoms with Crippen molar-refractivity contribution in [3.8, 4) is 0 Å². The van der Waals surface area contributed by atoms with Crippen LogP contribution in [0.15, 0.2) is 36.1 Å². The molecule has 1 fully saturated rings. The molecule has 0 amide bonds. The van der Waals surface area contributed by atoms with Crippen molar-refractivity contribution >= 4 is 0 Å². The monoisotopic (exact) mass is 192 g/mol. The summed E-state index contributed by atoms with van der Waals surface area (Å²) < 4.78 is 0. The minimum Gasteiger partial charge on any atom is -0.369 e. The Kier molecular flexibility index (Phi) is 4.47. The van der Waals surface area contributed by atoms with Crippen LogP contribution in [0.2, 0.25) is 0 Å². The number of hydrogen-bond donors (Lipinski definition) is 1. The number of piperazine rings is 1. The van der Waals surface area contributed by atoms with Crippen LogP contribution in [0, 0.1) is 0 Å². The van der Waals surface area contributed by atoms with E-state index in [1.165, 1.54) is 11.3 Å². The van der Waals surface area contributed by atoms with Crippen molar-refractivity contribution in [2.45, 2.75) is 13.8 Å². The minimum atomic E-state index is 1.08. The van der Waals surface area contributed by atoms with E-state index in [4.69, 9.17) is 0 Å². The molecular weight excluding hydrogens is 172 g/mol. The van der Waals surface area contributed by atoms with Crippen LogP contribution in [0.5, 0.6) is 0 Å². The highest BCUT2D eigenvalue weighted by Gasteiger charge is 2.12. The summed E-state index contributed by atoms with van der Waals surface area (Å²) in [7, 11) is 0. The summed E-state index contributed by atoms with van der Waals surface area (Å²) in [5, 5.41) is 3.36. The van der Waals surface area contributed by atoms with Crippen LogP contribution >= 0.6 is 0 Å². The number of rotatable bonds is 3. The first kappa shape index (κ1) is 11.1. The van der Waals surface area contributed by atoms with E-state index in [1.54, 1.807) is 0 Å². The quantitative estimate of drug-likeness (QED) is 0.687. The molecule has 1 N–H and O–H groups in total. The van der Waals surface area contributed by atoms with Gasteiger partial charge in [0.25, 0.3) is 0 Å². The lowest BCUT2D eigenvalue weighted by molar-refractivity contribution is 0.303. The third kappa shape index (κ3) is 2.74. The van der Waals surface area contributed by atoms with Gasteiger partial charge in [-0.15, -0.1) is 0 Å². The molecule has 0 aliphatic carbocycles. The number of hydrogen-bond acceptors (Lipinski definition) is 2. The lowest BCUT2D eigenvalue weighted by atomic mass is 10.1. The minimum absolute atomic E-state index is 1.08. The standard InChI is InChI=1S/C12H20N2/c1-4-6-11(3)12(5-2)14-9-7-13-8-10-14/h4-6,13H,1,7-10H2,2-3H3/b11-6-,12-5+. The highest BCUT2D eigenvalue weighted by atomic mass is 15.2. The summed E-state index contributed by atoms with van der Waals surface area (Å²) in [6, 6.07) is 0. The molecule has 0 bridgehead atoms. The Morgan fingerprint density at radius 2 is 2.00 bits per heavy atom. The average molecular weight is 192 g/mol. The van der Waals surface area contributed by atoms with Crippen molar-refractivity contribution in [2.75, 3.05) is 26.2 Å². The van der Waals surface area contributed by atoms with E-state index in [2.05, 4.69) is 42.8 Å². The molecular formula is C12H20N2. The van der Waals surface area contributed by atoms with Gasteiger partial charge in [-0.1, -0.05) is 24.8 Å². The normalized spacial score (nSPS) is 19.7. The van der Waals surface area contributed by atoms with E-state index in [1.807, 2.05) is 6.08 Å². The molecule has 0 aromatic rings. The van der Waals surface area contributed by atoms with Gasteiger partial charge >= 0.3 is 0 Å². The van der Waals surface area contributed by atoms with E-state index in [-0.39, 0.29) is 0 Å². The van der Waals surface area contributed by atoms with Crippen LogP contribution in [0.4, 0.5) is 0 Å². The molecule has 0 saturated carbocycles.